The lowest BCUT2D eigenvalue weighted by atomic mass is 10.3. The van der Waals surface area contributed by atoms with E-state index < -0.39 is 15.8 Å². The smallest absolute Gasteiger partial charge is 0.263 e. The Balaban J connectivity index is 2.40. The fraction of sp³-hybridized carbons (Fsp3) is 0. The van der Waals surface area contributed by atoms with Crippen LogP contribution in [0.4, 0.5) is 10.1 Å². The molecule has 0 radical (unpaired) electrons. The van der Waals surface area contributed by atoms with Gasteiger partial charge in [0.15, 0.2) is 0 Å². The van der Waals surface area contributed by atoms with E-state index in [0.29, 0.717) is 9.50 Å². The molecule has 0 saturated carbocycles. The fourth-order valence-corrected chi connectivity index (χ4v) is 3.44. The van der Waals surface area contributed by atoms with Crippen LogP contribution in [-0.4, -0.2) is 8.42 Å². The maximum atomic E-state index is 13.2. The third-order valence-electron chi connectivity index (χ3n) is 2.35. The van der Waals surface area contributed by atoms with Gasteiger partial charge in [0.25, 0.3) is 10.0 Å². The second-order valence-corrected chi connectivity index (χ2v) is 7.13. The van der Waals surface area contributed by atoms with Crippen LogP contribution >= 0.6 is 39.1 Å². The van der Waals surface area contributed by atoms with Crippen LogP contribution in [-0.2, 0) is 10.0 Å². The molecule has 0 fully saturated rings. The molecule has 2 aromatic carbocycles. The van der Waals surface area contributed by atoms with Gasteiger partial charge in [-0.25, -0.2) is 12.8 Å². The molecule has 0 heterocycles. The molecule has 2 aromatic rings. The number of anilines is 1. The van der Waals surface area contributed by atoms with Gasteiger partial charge in [0.05, 0.1) is 15.7 Å². The summed E-state index contributed by atoms with van der Waals surface area (Å²) in [7, 11) is -3.99. The zero-order valence-electron chi connectivity index (χ0n) is 9.70. The average Bonchev–Trinajstić information content (AvgIpc) is 2.36. The molecule has 0 aliphatic rings. The van der Waals surface area contributed by atoms with Crippen LogP contribution in [0.3, 0.4) is 0 Å². The Morgan fingerprint density at radius 2 is 1.75 bits per heavy atom. The van der Waals surface area contributed by atoms with E-state index in [9.17, 15) is 12.8 Å². The summed E-state index contributed by atoms with van der Waals surface area (Å²) in [5.41, 5.74) is 0.249. The Hall–Kier alpha value is -0.820. The van der Waals surface area contributed by atoms with Crippen molar-refractivity contribution in [1.82, 2.24) is 0 Å². The molecule has 0 aliphatic heterocycles. The number of nitrogens with one attached hydrogen (secondary N) is 1. The van der Waals surface area contributed by atoms with E-state index in [0.717, 1.165) is 12.1 Å². The van der Waals surface area contributed by atoms with E-state index in [1.165, 1.54) is 18.2 Å². The lowest BCUT2D eigenvalue weighted by Crippen LogP contribution is -2.13. The van der Waals surface area contributed by atoms with Gasteiger partial charge in [-0.05, 0) is 52.3 Å². The van der Waals surface area contributed by atoms with Crippen LogP contribution in [0.15, 0.2) is 45.8 Å². The molecule has 0 bridgehead atoms. The molecule has 3 nitrogen and oxygen atoms in total. The number of hydrogen-bond donors (Lipinski definition) is 1. The highest BCUT2D eigenvalue weighted by atomic mass is 79.9. The Kier molecular flexibility index (Phi) is 4.59. The Morgan fingerprint density at radius 3 is 2.40 bits per heavy atom. The SMILES string of the molecule is O=S(=O)(Nc1ccc(Br)c(Cl)c1)c1cc(F)ccc1Cl. The zero-order chi connectivity index (χ0) is 14.9. The van der Waals surface area contributed by atoms with Gasteiger partial charge in [-0.1, -0.05) is 23.2 Å². The first-order valence-corrected chi connectivity index (χ1v) is 8.26. The van der Waals surface area contributed by atoms with E-state index in [1.54, 1.807) is 6.07 Å². The molecule has 0 aromatic heterocycles. The quantitative estimate of drug-likeness (QED) is 0.814. The summed E-state index contributed by atoms with van der Waals surface area (Å²) in [5, 5.41) is 0.276. The summed E-state index contributed by atoms with van der Waals surface area (Å²) in [6, 6.07) is 7.65. The Labute approximate surface area is 133 Å². The van der Waals surface area contributed by atoms with Crippen molar-refractivity contribution in [2.45, 2.75) is 4.90 Å². The summed E-state index contributed by atoms with van der Waals surface area (Å²) in [6.45, 7) is 0. The average molecular weight is 399 g/mol. The van der Waals surface area contributed by atoms with Crippen molar-refractivity contribution in [1.29, 1.82) is 0 Å². The van der Waals surface area contributed by atoms with E-state index in [-0.39, 0.29) is 15.6 Å². The normalized spacial score (nSPS) is 11.4. The molecular weight excluding hydrogens is 392 g/mol. The second-order valence-electron chi connectivity index (χ2n) is 3.81. The highest BCUT2D eigenvalue weighted by Crippen LogP contribution is 2.28. The molecule has 20 heavy (non-hydrogen) atoms. The molecule has 1 N–H and O–H groups in total. The largest absolute Gasteiger partial charge is 0.280 e. The maximum absolute atomic E-state index is 13.2. The fourth-order valence-electron chi connectivity index (χ4n) is 1.45. The third kappa shape index (κ3) is 3.44. The first kappa shape index (κ1) is 15.6. The first-order chi connectivity index (χ1) is 9.29. The summed E-state index contributed by atoms with van der Waals surface area (Å²) in [5.74, 6) is -0.691. The molecule has 0 unspecified atom stereocenters. The molecule has 8 heteroatoms. The van der Waals surface area contributed by atoms with Crippen LogP contribution in [0.5, 0.6) is 0 Å². The molecule has 0 saturated heterocycles. The van der Waals surface area contributed by atoms with E-state index in [1.807, 2.05) is 0 Å². The molecule has 106 valence electrons. The predicted molar refractivity (Wildman–Crippen MR) is 81.4 cm³/mol. The summed E-state index contributed by atoms with van der Waals surface area (Å²) < 4.78 is 40.4. The maximum Gasteiger partial charge on any atom is 0.263 e. The van der Waals surface area contributed by atoms with Crippen LogP contribution in [0.25, 0.3) is 0 Å². The second kappa shape index (κ2) is 5.89. The standard InChI is InChI=1S/C12H7BrCl2FNO2S/c13-9-3-2-8(6-11(9)15)17-20(18,19)12-5-7(16)1-4-10(12)14/h1-6,17H. The molecule has 0 spiro atoms. The number of sulfonamides is 1. The third-order valence-corrected chi connectivity index (χ3v) is 5.45. The summed E-state index contributed by atoms with van der Waals surface area (Å²) in [6.07, 6.45) is 0. The Morgan fingerprint density at radius 1 is 1.05 bits per heavy atom. The Bertz CT molecular complexity index is 768. The van der Waals surface area contributed by atoms with Gasteiger partial charge in [-0.3, -0.25) is 4.72 Å². The van der Waals surface area contributed by atoms with Gasteiger partial charge in [0.2, 0.25) is 0 Å². The lowest BCUT2D eigenvalue weighted by molar-refractivity contribution is 0.595. The molecule has 0 aliphatic carbocycles. The van der Waals surface area contributed by atoms with Crippen LogP contribution in [0.2, 0.25) is 10.0 Å². The molecule has 0 atom stereocenters. The topological polar surface area (TPSA) is 46.2 Å². The van der Waals surface area contributed by atoms with E-state index >= 15 is 0 Å². The molecule has 0 amide bonds. The van der Waals surface area contributed by atoms with Gasteiger partial charge in [0.1, 0.15) is 10.7 Å². The predicted octanol–water partition coefficient (Wildman–Crippen LogP) is 4.70. The lowest BCUT2D eigenvalue weighted by Gasteiger charge is -2.10. The van der Waals surface area contributed by atoms with E-state index in [4.69, 9.17) is 23.2 Å². The number of rotatable bonds is 3. The first-order valence-electron chi connectivity index (χ1n) is 5.22. The van der Waals surface area contributed by atoms with Gasteiger partial charge in [0, 0.05) is 4.47 Å². The minimum Gasteiger partial charge on any atom is -0.280 e. The molecule has 2 rings (SSSR count). The van der Waals surface area contributed by atoms with Crippen molar-refractivity contribution in [3.63, 3.8) is 0 Å². The van der Waals surface area contributed by atoms with Gasteiger partial charge in [-0.15, -0.1) is 0 Å². The molecular formula is C12H7BrCl2FNO2S. The number of halogens is 4. The minimum absolute atomic E-state index is 0.0675. The van der Waals surface area contributed by atoms with Gasteiger partial charge < -0.3 is 0 Å². The monoisotopic (exact) mass is 397 g/mol. The van der Waals surface area contributed by atoms with Crippen LogP contribution < -0.4 is 4.72 Å². The summed E-state index contributed by atoms with van der Waals surface area (Å²) in [4.78, 5) is -0.335. The highest BCUT2D eigenvalue weighted by molar-refractivity contribution is 9.10. The van der Waals surface area contributed by atoms with Crippen molar-refractivity contribution in [3.8, 4) is 0 Å². The van der Waals surface area contributed by atoms with Crippen molar-refractivity contribution >= 4 is 54.8 Å². The minimum atomic E-state index is -3.99. The summed E-state index contributed by atoms with van der Waals surface area (Å²) >= 11 is 14.9. The number of hydrogen-bond acceptors (Lipinski definition) is 2. The highest BCUT2D eigenvalue weighted by Gasteiger charge is 2.19. The van der Waals surface area contributed by atoms with Gasteiger partial charge in [-0.2, -0.15) is 0 Å². The van der Waals surface area contributed by atoms with Crippen molar-refractivity contribution in [3.05, 3.63) is 56.7 Å². The van der Waals surface area contributed by atoms with Crippen molar-refractivity contribution in [2.75, 3.05) is 4.72 Å². The van der Waals surface area contributed by atoms with Crippen molar-refractivity contribution in [2.24, 2.45) is 0 Å². The van der Waals surface area contributed by atoms with Crippen LogP contribution in [0, 0.1) is 5.82 Å². The van der Waals surface area contributed by atoms with E-state index in [2.05, 4.69) is 20.7 Å². The van der Waals surface area contributed by atoms with Crippen LogP contribution in [0.1, 0.15) is 0 Å². The zero-order valence-corrected chi connectivity index (χ0v) is 13.6. The number of benzene rings is 2. The van der Waals surface area contributed by atoms with Crippen molar-refractivity contribution < 1.29 is 12.8 Å². The van der Waals surface area contributed by atoms with Gasteiger partial charge >= 0.3 is 0 Å².